The van der Waals surface area contributed by atoms with Crippen molar-refractivity contribution in [2.75, 3.05) is 18.4 Å². The van der Waals surface area contributed by atoms with Gasteiger partial charge >= 0.3 is 0 Å². The Bertz CT molecular complexity index is 1250. The van der Waals surface area contributed by atoms with Crippen LogP contribution >= 0.6 is 11.3 Å². The second-order valence-electron chi connectivity index (χ2n) is 9.46. The van der Waals surface area contributed by atoms with Crippen molar-refractivity contribution in [3.63, 3.8) is 0 Å². The summed E-state index contributed by atoms with van der Waals surface area (Å²) in [5.74, 6) is 0.747. The number of hydrogen-bond acceptors (Lipinski definition) is 8. The van der Waals surface area contributed by atoms with Gasteiger partial charge in [0.2, 0.25) is 0 Å². The Kier molecular flexibility index (Phi) is 8.14. The van der Waals surface area contributed by atoms with E-state index in [2.05, 4.69) is 40.2 Å². The van der Waals surface area contributed by atoms with Crippen LogP contribution in [0.15, 0.2) is 35.1 Å². The van der Waals surface area contributed by atoms with E-state index in [0.717, 1.165) is 16.9 Å². The molecule has 3 rings (SSSR count). The van der Waals surface area contributed by atoms with E-state index in [1.54, 1.807) is 20.1 Å². The molecule has 2 aromatic rings. The second-order valence-corrected chi connectivity index (χ2v) is 13.3. The summed E-state index contributed by atoms with van der Waals surface area (Å²) in [5.41, 5.74) is 1.11. The molecule has 3 heterocycles. The number of rotatable bonds is 8. The highest BCUT2D eigenvalue weighted by Crippen LogP contribution is 2.39. The van der Waals surface area contributed by atoms with E-state index >= 15 is 0 Å². The first-order valence-corrected chi connectivity index (χ1v) is 14.7. The average Bonchev–Trinajstić information content (AvgIpc) is 3.46. The second kappa shape index (κ2) is 10.4. The maximum atomic E-state index is 12.9. The predicted octanol–water partition coefficient (Wildman–Crippen LogP) is 4.16. The van der Waals surface area contributed by atoms with Gasteiger partial charge in [0, 0.05) is 18.5 Å². The van der Waals surface area contributed by atoms with Gasteiger partial charge in [-0.3, -0.25) is 0 Å². The van der Waals surface area contributed by atoms with Crippen molar-refractivity contribution in [2.24, 2.45) is 14.7 Å². The quantitative estimate of drug-likeness (QED) is 0.455. The topological polar surface area (TPSA) is 137 Å². The van der Waals surface area contributed by atoms with Gasteiger partial charge in [-0.1, -0.05) is 48.5 Å². The Labute approximate surface area is 213 Å². The Balaban J connectivity index is 1.85. The number of nitrogens with one attached hydrogen (secondary N) is 2. The fourth-order valence-corrected chi connectivity index (χ4v) is 6.93. The third-order valence-electron chi connectivity index (χ3n) is 5.58. The maximum absolute atomic E-state index is 12.9. The SMILES string of the molecule is CCN(CC)S(=O)(=O)c1scc(NC2=NS(=O)N=C2NC(c2cc(C(C)(C)C)co2)C(C)C)c1O. The van der Waals surface area contributed by atoms with Crippen LogP contribution in [-0.4, -0.2) is 46.8 Å². The van der Waals surface area contributed by atoms with Crippen LogP contribution in [0.3, 0.4) is 0 Å². The highest BCUT2D eigenvalue weighted by atomic mass is 32.2. The Morgan fingerprint density at radius 2 is 1.83 bits per heavy atom. The molecule has 0 aromatic carbocycles. The molecular formula is C22H33N5O5S3. The molecule has 2 aromatic heterocycles. The molecule has 0 bridgehead atoms. The van der Waals surface area contributed by atoms with Crippen LogP contribution < -0.4 is 10.6 Å². The highest BCUT2D eigenvalue weighted by Gasteiger charge is 2.31. The summed E-state index contributed by atoms with van der Waals surface area (Å²) in [4.78, 5) is 0. The van der Waals surface area contributed by atoms with Gasteiger partial charge in [0.05, 0.1) is 18.0 Å². The summed E-state index contributed by atoms with van der Waals surface area (Å²) >= 11 is -0.963. The summed E-state index contributed by atoms with van der Waals surface area (Å²) < 4.78 is 52.9. The minimum atomic E-state index is -3.84. The first-order valence-electron chi connectivity index (χ1n) is 11.3. The van der Waals surface area contributed by atoms with E-state index in [9.17, 15) is 17.7 Å². The lowest BCUT2D eigenvalue weighted by Gasteiger charge is -2.22. The lowest BCUT2D eigenvalue weighted by molar-refractivity contribution is 0.377. The molecule has 0 saturated carbocycles. The molecule has 0 radical (unpaired) electrons. The van der Waals surface area contributed by atoms with Crippen LogP contribution in [0, 0.1) is 5.92 Å². The number of aromatic hydroxyl groups is 1. The first kappa shape index (κ1) is 27.4. The number of sulfonamides is 1. The minimum absolute atomic E-state index is 0.0799. The highest BCUT2D eigenvalue weighted by molar-refractivity contribution is 7.91. The number of thiophene rings is 1. The largest absolute Gasteiger partial charge is 0.504 e. The van der Waals surface area contributed by atoms with Crippen LogP contribution in [-0.2, 0) is 26.6 Å². The molecule has 0 fully saturated rings. The van der Waals surface area contributed by atoms with Crippen molar-refractivity contribution in [2.45, 2.75) is 64.1 Å². The van der Waals surface area contributed by atoms with E-state index in [1.165, 1.54) is 9.69 Å². The molecule has 2 unspecified atom stereocenters. The molecule has 3 N–H and O–H groups in total. The predicted molar refractivity (Wildman–Crippen MR) is 141 cm³/mol. The van der Waals surface area contributed by atoms with Gasteiger partial charge < -0.3 is 20.2 Å². The maximum Gasteiger partial charge on any atom is 0.269 e. The molecule has 0 spiro atoms. The van der Waals surface area contributed by atoms with Crippen molar-refractivity contribution in [1.82, 2.24) is 9.62 Å². The van der Waals surface area contributed by atoms with E-state index < -0.39 is 26.9 Å². The molecule has 0 aliphatic carbocycles. The van der Waals surface area contributed by atoms with Gasteiger partial charge in [0.1, 0.15) is 5.76 Å². The summed E-state index contributed by atoms with van der Waals surface area (Å²) in [6, 6.07) is 1.70. The third kappa shape index (κ3) is 5.79. The fraction of sp³-hybridized carbons (Fsp3) is 0.545. The number of amidine groups is 2. The van der Waals surface area contributed by atoms with Crippen molar-refractivity contribution >= 4 is 49.9 Å². The van der Waals surface area contributed by atoms with Gasteiger partial charge in [-0.2, -0.15) is 4.31 Å². The number of nitrogens with zero attached hydrogens (tertiary/aromatic N) is 3. The van der Waals surface area contributed by atoms with Crippen LogP contribution in [0.4, 0.5) is 5.69 Å². The molecule has 0 saturated heterocycles. The summed E-state index contributed by atoms with van der Waals surface area (Å²) in [7, 11) is -3.84. The molecule has 1 aliphatic heterocycles. The first-order chi connectivity index (χ1) is 16.3. The smallest absolute Gasteiger partial charge is 0.269 e. The fourth-order valence-electron chi connectivity index (χ4n) is 3.48. The Hall–Kier alpha value is -2.22. The number of hydrogen-bond donors (Lipinski definition) is 3. The van der Waals surface area contributed by atoms with Gasteiger partial charge in [-0.15, -0.1) is 20.1 Å². The lowest BCUT2D eigenvalue weighted by Crippen LogP contribution is -2.38. The number of furan rings is 1. The van der Waals surface area contributed by atoms with Crippen LogP contribution in [0.2, 0.25) is 0 Å². The molecule has 2 atom stereocenters. The molecular weight excluding hydrogens is 510 g/mol. The zero-order chi connectivity index (χ0) is 26.1. The molecule has 13 heteroatoms. The summed E-state index contributed by atoms with van der Waals surface area (Å²) in [6.45, 7) is 14.4. The number of anilines is 1. The standard InChI is InChI=1S/C22H33N5O5S3/c1-8-27(9-2)35(30,31)21-18(28)15(12-33-21)23-19-20(26-34(29)25-19)24-17(13(3)4)16-10-14(11-32-16)22(5,6)7/h10-13,17,28H,8-9H2,1-7H3,(H,23,25)(H,24,26). The van der Waals surface area contributed by atoms with Crippen molar-refractivity contribution in [3.8, 4) is 5.75 Å². The van der Waals surface area contributed by atoms with Crippen molar-refractivity contribution in [3.05, 3.63) is 29.0 Å². The van der Waals surface area contributed by atoms with Gasteiger partial charge in [0.25, 0.3) is 21.2 Å². The van der Waals surface area contributed by atoms with Gasteiger partial charge in [-0.25, -0.2) is 12.6 Å². The monoisotopic (exact) mass is 543 g/mol. The molecule has 1 aliphatic rings. The van der Waals surface area contributed by atoms with E-state index in [-0.39, 0.29) is 52.0 Å². The van der Waals surface area contributed by atoms with Crippen LogP contribution in [0.1, 0.15) is 65.8 Å². The summed E-state index contributed by atoms with van der Waals surface area (Å²) in [5, 5.41) is 18.3. The molecule has 194 valence electrons. The zero-order valence-electron chi connectivity index (χ0n) is 20.9. The van der Waals surface area contributed by atoms with Gasteiger partial charge in [0.15, 0.2) is 21.6 Å². The van der Waals surface area contributed by atoms with E-state index in [1.807, 2.05) is 19.9 Å². The molecule has 35 heavy (non-hydrogen) atoms. The van der Waals surface area contributed by atoms with Crippen LogP contribution in [0.5, 0.6) is 5.75 Å². The molecule has 10 nitrogen and oxygen atoms in total. The normalized spacial score (nSPS) is 17.6. The average molecular weight is 544 g/mol. The van der Waals surface area contributed by atoms with E-state index in [4.69, 9.17) is 4.42 Å². The summed E-state index contributed by atoms with van der Waals surface area (Å²) in [6.07, 6.45) is 1.73. The van der Waals surface area contributed by atoms with Gasteiger partial charge in [-0.05, 0) is 23.0 Å². The zero-order valence-corrected chi connectivity index (χ0v) is 23.4. The Morgan fingerprint density at radius 3 is 2.37 bits per heavy atom. The minimum Gasteiger partial charge on any atom is -0.504 e. The van der Waals surface area contributed by atoms with E-state index in [0.29, 0.717) is 5.76 Å². The van der Waals surface area contributed by atoms with Crippen molar-refractivity contribution < 1.29 is 22.2 Å². The Morgan fingerprint density at radius 1 is 1.20 bits per heavy atom. The lowest BCUT2D eigenvalue weighted by atomic mass is 9.88. The van der Waals surface area contributed by atoms with Crippen molar-refractivity contribution in [1.29, 1.82) is 0 Å². The third-order valence-corrected chi connectivity index (χ3v) is 9.80. The molecule has 0 amide bonds. The van der Waals surface area contributed by atoms with Crippen LogP contribution in [0.25, 0.3) is 0 Å².